The molecule has 0 fully saturated rings. The van der Waals surface area contributed by atoms with Crippen LogP contribution in [-0.4, -0.2) is 23.3 Å². The first-order valence-electron chi connectivity index (χ1n) is 6.04. The van der Waals surface area contributed by atoms with Crippen LogP contribution in [0.1, 0.15) is 16.7 Å². The number of aromatic nitrogens is 1. The van der Waals surface area contributed by atoms with Crippen molar-refractivity contribution < 1.29 is 9.84 Å². The van der Waals surface area contributed by atoms with E-state index in [4.69, 9.17) is 9.84 Å². The summed E-state index contributed by atoms with van der Waals surface area (Å²) in [5, 5.41) is 8.62. The van der Waals surface area contributed by atoms with E-state index in [1.807, 2.05) is 12.3 Å². The van der Waals surface area contributed by atoms with Crippen LogP contribution in [0.3, 0.4) is 0 Å². The zero-order chi connectivity index (χ0) is 12.6. The van der Waals surface area contributed by atoms with Gasteiger partial charge in [0.15, 0.2) is 0 Å². The highest BCUT2D eigenvalue weighted by Gasteiger charge is 1.97. The molecule has 2 rings (SSSR count). The van der Waals surface area contributed by atoms with Crippen LogP contribution in [0.4, 0.5) is 0 Å². The lowest BCUT2D eigenvalue weighted by molar-refractivity contribution is 0.0815. The molecule has 1 heterocycles. The van der Waals surface area contributed by atoms with Crippen LogP contribution in [0.2, 0.25) is 0 Å². The maximum absolute atomic E-state index is 8.62. The Balaban J connectivity index is 1.91. The third kappa shape index (κ3) is 3.95. The molecule has 2 aromatic rings. The van der Waals surface area contributed by atoms with Crippen molar-refractivity contribution in [1.82, 2.24) is 4.98 Å². The lowest BCUT2D eigenvalue weighted by atomic mass is 10.1. The van der Waals surface area contributed by atoms with E-state index in [1.54, 1.807) is 6.20 Å². The molecule has 0 radical (unpaired) electrons. The second-order valence-electron chi connectivity index (χ2n) is 4.13. The second-order valence-corrected chi connectivity index (χ2v) is 4.13. The lowest BCUT2D eigenvalue weighted by Gasteiger charge is -2.05. The molecule has 0 amide bonds. The average Bonchev–Trinajstić information content (AvgIpc) is 2.42. The van der Waals surface area contributed by atoms with E-state index in [0.29, 0.717) is 13.2 Å². The second kappa shape index (κ2) is 6.89. The summed E-state index contributed by atoms with van der Waals surface area (Å²) < 4.78 is 5.27. The summed E-state index contributed by atoms with van der Waals surface area (Å²) in [6, 6.07) is 12.3. The first kappa shape index (κ1) is 12.7. The van der Waals surface area contributed by atoms with Gasteiger partial charge < -0.3 is 9.84 Å². The van der Waals surface area contributed by atoms with Crippen molar-refractivity contribution in [2.75, 3.05) is 13.2 Å². The van der Waals surface area contributed by atoms with Gasteiger partial charge in [0.05, 0.1) is 19.8 Å². The highest BCUT2D eigenvalue weighted by atomic mass is 16.5. The summed E-state index contributed by atoms with van der Waals surface area (Å²) in [4.78, 5) is 4.10. The predicted octanol–water partition coefficient (Wildman–Crippen LogP) is 2.18. The molecule has 3 nitrogen and oxygen atoms in total. The van der Waals surface area contributed by atoms with Crippen LogP contribution in [0.15, 0.2) is 48.8 Å². The largest absolute Gasteiger partial charge is 0.394 e. The standard InChI is InChI=1S/C15H17NO2/c17-8-9-18-12-14-5-3-13(4-6-14)10-15-2-1-7-16-11-15/h1-7,11,17H,8-10,12H2. The summed E-state index contributed by atoms with van der Waals surface area (Å²) >= 11 is 0. The molecule has 0 aliphatic heterocycles. The van der Waals surface area contributed by atoms with E-state index in [1.165, 1.54) is 11.1 Å². The van der Waals surface area contributed by atoms with Crippen LogP contribution >= 0.6 is 0 Å². The molecule has 1 aromatic heterocycles. The Kier molecular flexibility index (Phi) is 4.88. The fourth-order valence-corrected chi connectivity index (χ4v) is 1.75. The van der Waals surface area contributed by atoms with E-state index in [2.05, 4.69) is 35.3 Å². The number of aliphatic hydroxyl groups excluding tert-OH is 1. The van der Waals surface area contributed by atoms with Crippen LogP contribution in [-0.2, 0) is 17.8 Å². The summed E-state index contributed by atoms with van der Waals surface area (Å²) in [5.74, 6) is 0. The van der Waals surface area contributed by atoms with Gasteiger partial charge in [-0.2, -0.15) is 0 Å². The Hall–Kier alpha value is -1.71. The molecule has 3 heteroatoms. The number of rotatable bonds is 6. The quantitative estimate of drug-likeness (QED) is 0.791. The van der Waals surface area contributed by atoms with Gasteiger partial charge in [0.2, 0.25) is 0 Å². The number of ether oxygens (including phenoxy) is 1. The van der Waals surface area contributed by atoms with E-state index < -0.39 is 0 Å². The summed E-state index contributed by atoms with van der Waals surface area (Å²) in [6.45, 7) is 1.00. The Labute approximate surface area is 107 Å². The maximum Gasteiger partial charge on any atom is 0.0718 e. The molecule has 0 aliphatic carbocycles. The molecule has 0 unspecified atom stereocenters. The normalized spacial score (nSPS) is 10.5. The summed E-state index contributed by atoms with van der Waals surface area (Å²) in [6.07, 6.45) is 4.56. The predicted molar refractivity (Wildman–Crippen MR) is 70.2 cm³/mol. The molecule has 0 saturated carbocycles. The van der Waals surface area contributed by atoms with E-state index in [9.17, 15) is 0 Å². The van der Waals surface area contributed by atoms with E-state index in [-0.39, 0.29) is 6.61 Å². The van der Waals surface area contributed by atoms with Gasteiger partial charge in [0.25, 0.3) is 0 Å². The maximum atomic E-state index is 8.62. The number of nitrogens with zero attached hydrogens (tertiary/aromatic N) is 1. The molecule has 0 bridgehead atoms. The van der Waals surface area contributed by atoms with Gasteiger partial charge in [-0.15, -0.1) is 0 Å². The summed E-state index contributed by atoms with van der Waals surface area (Å²) in [5.41, 5.74) is 3.59. The minimum atomic E-state index is 0.0685. The van der Waals surface area contributed by atoms with Crippen molar-refractivity contribution in [3.05, 3.63) is 65.5 Å². The van der Waals surface area contributed by atoms with Crippen molar-refractivity contribution in [1.29, 1.82) is 0 Å². The van der Waals surface area contributed by atoms with Gasteiger partial charge in [0.1, 0.15) is 0 Å². The highest BCUT2D eigenvalue weighted by Crippen LogP contribution is 2.10. The van der Waals surface area contributed by atoms with Gasteiger partial charge in [-0.1, -0.05) is 30.3 Å². The fraction of sp³-hybridized carbons (Fsp3) is 0.267. The smallest absolute Gasteiger partial charge is 0.0718 e. The lowest BCUT2D eigenvalue weighted by Crippen LogP contribution is -1.99. The van der Waals surface area contributed by atoms with Crippen LogP contribution in [0.5, 0.6) is 0 Å². The van der Waals surface area contributed by atoms with Gasteiger partial charge in [0, 0.05) is 12.4 Å². The molecule has 94 valence electrons. The first-order chi connectivity index (χ1) is 8.88. The van der Waals surface area contributed by atoms with Crippen LogP contribution in [0.25, 0.3) is 0 Å². The van der Waals surface area contributed by atoms with Gasteiger partial charge in [-0.3, -0.25) is 4.98 Å². The highest BCUT2D eigenvalue weighted by molar-refractivity contribution is 5.27. The summed E-state index contributed by atoms with van der Waals surface area (Å²) in [7, 11) is 0. The molecule has 1 N–H and O–H groups in total. The van der Waals surface area contributed by atoms with Crippen molar-refractivity contribution in [3.8, 4) is 0 Å². The molecule has 0 saturated heterocycles. The zero-order valence-electron chi connectivity index (χ0n) is 10.2. The van der Waals surface area contributed by atoms with Crippen molar-refractivity contribution in [2.45, 2.75) is 13.0 Å². The number of hydrogen-bond acceptors (Lipinski definition) is 3. The van der Waals surface area contributed by atoms with Crippen LogP contribution < -0.4 is 0 Å². The van der Waals surface area contributed by atoms with E-state index in [0.717, 1.165) is 12.0 Å². The average molecular weight is 243 g/mol. The number of pyridine rings is 1. The van der Waals surface area contributed by atoms with Gasteiger partial charge in [-0.05, 0) is 29.2 Å². The Bertz CT molecular complexity index is 454. The number of aliphatic hydroxyl groups is 1. The minimum absolute atomic E-state index is 0.0685. The molecule has 18 heavy (non-hydrogen) atoms. The molecular weight excluding hydrogens is 226 g/mol. The molecular formula is C15H17NO2. The molecule has 0 atom stereocenters. The number of benzene rings is 1. The van der Waals surface area contributed by atoms with Gasteiger partial charge in [-0.25, -0.2) is 0 Å². The van der Waals surface area contributed by atoms with Gasteiger partial charge >= 0.3 is 0 Å². The monoisotopic (exact) mass is 243 g/mol. The minimum Gasteiger partial charge on any atom is -0.394 e. The zero-order valence-corrected chi connectivity index (χ0v) is 10.2. The molecule has 0 spiro atoms. The fourth-order valence-electron chi connectivity index (χ4n) is 1.75. The number of hydrogen-bond donors (Lipinski definition) is 1. The van der Waals surface area contributed by atoms with Crippen molar-refractivity contribution in [3.63, 3.8) is 0 Å². The third-order valence-corrected chi connectivity index (χ3v) is 2.66. The van der Waals surface area contributed by atoms with Crippen molar-refractivity contribution in [2.24, 2.45) is 0 Å². The topological polar surface area (TPSA) is 42.4 Å². The Morgan fingerprint density at radius 1 is 1.00 bits per heavy atom. The molecule has 1 aromatic carbocycles. The van der Waals surface area contributed by atoms with Crippen LogP contribution in [0, 0.1) is 0 Å². The Morgan fingerprint density at radius 2 is 1.78 bits per heavy atom. The SMILES string of the molecule is OCCOCc1ccc(Cc2cccnc2)cc1. The Morgan fingerprint density at radius 3 is 2.44 bits per heavy atom. The third-order valence-electron chi connectivity index (χ3n) is 2.66. The first-order valence-corrected chi connectivity index (χ1v) is 6.04. The molecule has 0 aliphatic rings. The van der Waals surface area contributed by atoms with E-state index >= 15 is 0 Å². The van der Waals surface area contributed by atoms with Crippen molar-refractivity contribution >= 4 is 0 Å².